The Hall–Kier alpha value is -3.73. The lowest BCUT2D eigenvalue weighted by Gasteiger charge is -2.10. The first-order valence-electron chi connectivity index (χ1n) is 9.16. The molecule has 3 aromatic carbocycles. The molecule has 0 aliphatic rings. The minimum atomic E-state index is -0.290. The fourth-order valence-electron chi connectivity index (χ4n) is 3.30. The van der Waals surface area contributed by atoms with Crippen LogP contribution in [0.5, 0.6) is 5.75 Å². The van der Waals surface area contributed by atoms with E-state index in [1.165, 1.54) is 19.2 Å². The van der Waals surface area contributed by atoms with Gasteiger partial charge in [-0.25, -0.2) is 9.37 Å². The van der Waals surface area contributed by atoms with Gasteiger partial charge in [-0.15, -0.1) is 0 Å². The van der Waals surface area contributed by atoms with Gasteiger partial charge in [0.2, 0.25) is 0 Å². The second-order valence-electron chi connectivity index (χ2n) is 6.75. The van der Waals surface area contributed by atoms with Crippen LogP contribution in [0.4, 0.5) is 10.2 Å². The Balaban J connectivity index is 1.63. The van der Waals surface area contributed by atoms with E-state index in [4.69, 9.17) is 4.74 Å². The summed E-state index contributed by atoms with van der Waals surface area (Å²) in [5, 5.41) is 4.64. The number of amides is 1. The highest BCUT2D eigenvalue weighted by atomic mass is 19.1. The molecule has 0 atom stereocenters. The predicted molar refractivity (Wildman–Crippen MR) is 113 cm³/mol. The molecule has 0 spiro atoms. The molecule has 4 nitrogen and oxygen atoms in total. The smallest absolute Gasteiger partial charge is 0.260 e. The van der Waals surface area contributed by atoms with Crippen molar-refractivity contribution < 1.29 is 13.9 Å². The van der Waals surface area contributed by atoms with E-state index in [9.17, 15) is 9.18 Å². The molecule has 29 heavy (non-hydrogen) atoms. The second-order valence-corrected chi connectivity index (χ2v) is 6.75. The fourth-order valence-corrected chi connectivity index (χ4v) is 3.30. The number of fused-ring (bicyclic) bond motifs is 1. The van der Waals surface area contributed by atoms with Crippen LogP contribution in [0, 0.1) is 12.7 Å². The highest BCUT2D eigenvalue weighted by Crippen LogP contribution is 2.28. The molecule has 4 rings (SSSR count). The molecule has 0 unspecified atom stereocenters. The van der Waals surface area contributed by atoms with E-state index >= 15 is 0 Å². The normalized spacial score (nSPS) is 10.7. The Morgan fingerprint density at radius 1 is 1.00 bits per heavy atom. The number of ether oxygens (including phenoxy) is 1. The number of carbonyl (C=O) groups excluding carboxylic acids is 1. The van der Waals surface area contributed by atoms with Gasteiger partial charge in [-0.3, -0.25) is 4.79 Å². The summed E-state index contributed by atoms with van der Waals surface area (Å²) < 4.78 is 18.9. The minimum absolute atomic E-state index is 0.266. The molecule has 1 heterocycles. The van der Waals surface area contributed by atoms with E-state index in [2.05, 4.69) is 10.3 Å². The van der Waals surface area contributed by atoms with Crippen molar-refractivity contribution in [2.24, 2.45) is 0 Å². The third-order valence-electron chi connectivity index (χ3n) is 4.83. The summed E-state index contributed by atoms with van der Waals surface area (Å²) in [6, 6.07) is 19.4. The lowest BCUT2D eigenvalue weighted by atomic mass is 9.98. The summed E-state index contributed by atoms with van der Waals surface area (Å²) >= 11 is 0. The van der Waals surface area contributed by atoms with Crippen molar-refractivity contribution in [1.82, 2.24) is 4.98 Å². The maximum absolute atomic E-state index is 13.7. The number of halogens is 1. The average molecular weight is 386 g/mol. The molecule has 4 aromatic rings. The molecule has 0 aliphatic carbocycles. The van der Waals surface area contributed by atoms with Gasteiger partial charge in [-0.2, -0.15) is 0 Å². The van der Waals surface area contributed by atoms with Gasteiger partial charge in [0, 0.05) is 11.6 Å². The zero-order chi connectivity index (χ0) is 20.4. The molecular formula is C24H19FN2O2. The molecule has 1 amide bonds. The van der Waals surface area contributed by atoms with Crippen molar-refractivity contribution in [3.05, 3.63) is 89.9 Å². The number of rotatable bonds is 4. The van der Waals surface area contributed by atoms with Gasteiger partial charge in [0.25, 0.3) is 5.91 Å². The van der Waals surface area contributed by atoms with Gasteiger partial charge in [0.05, 0.1) is 12.7 Å². The summed E-state index contributed by atoms with van der Waals surface area (Å²) in [7, 11) is 1.53. The van der Waals surface area contributed by atoms with Gasteiger partial charge >= 0.3 is 0 Å². The Labute approximate surface area is 168 Å². The van der Waals surface area contributed by atoms with Crippen LogP contribution < -0.4 is 10.1 Å². The molecule has 144 valence electrons. The first-order valence-corrected chi connectivity index (χ1v) is 9.16. The topological polar surface area (TPSA) is 51.2 Å². The Morgan fingerprint density at radius 3 is 2.66 bits per heavy atom. The van der Waals surface area contributed by atoms with Crippen LogP contribution in [-0.2, 0) is 0 Å². The number of para-hydroxylation sites is 1. The lowest BCUT2D eigenvalue weighted by molar-refractivity contribution is 0.102. The first kappa shape index (κ1) is 18.6. The van der Waals surface area contributed by atoms with Crippen molar-refractivity contribution in [2.75, 3.05) is 12.4 Å². The number of aryl methyl sites for hydroxylation is 1. The summed E-state index contributed by atoms with van der Waals surface area (Å²) in [5.41, 5.74) is 3.20. The summed E-state index contributed by atoms with van der Waals surface area (Å²) in [4.78, 5) is 16.9. The SMILES string of the molecule is COc1ccccc1C(=O)Nc1cc2ccc(-c3cc(F)ccc3C)cc2cn1. The third-order valence-corrected chi connectivity index (χ3v) is 4.83. The van der Waals surface area contributed by atoms with Crippen molar-refractivity contribution in [3.8, 4) is 16.9 Å². The van der Waals surface area contributed by atoms with E-state index in [1.807, 2.05) is 37.3 Å². The molecule has 0 saturated carbocycles. The number of hydrogen-bond acceptors (Lipinski definition) is 3. The van der Waals surface area contributed by atoms with Gasteiger partial charge in [0.15, 0.2) is 0 Å². The molecular weight excluding hydrogens is 367 g/mol. The van der Waals surface area contributed by atoms with Crippen LogP contribution in [0.1, 0.15) is 15.9 Å². The van der Waals surface area contributed by atoms with E-state index < -0.39 is 0 Å². The van der Waals surface area contributed by atoms with Gasteiger partial charge in [0.1, 0.15) is 17.4 Å². The zero-order valence-electron chi connectivity index (χ0n) is 16.1. The fraction of sp³-hybridized carbons (Fsp3) is 0.0833. The number of hydrogen-bond donors (Lipinski definition) is 1. The highest BCUT2D eigenvalue weighted by molar-refractivity contribution is 6.06. The molecule has 0 bridgehead atoms. The van der Waals surface area contributed by atoms with Crippen molar-refractivity contribution in [2.45, 2.75) is 6.92 Å². The second kappa shape index (κ2) is 7.72. The van der Waals surface area contributed by atoms with E-state index in [-0.39, 0.29) is 11.7 Å². The van der Waals surface area contributed by atoms with Crippen LogP contribution in [0.2, 0.25) is 0 Å². The number of nitrogens with one attached hydrogen (secondary N) is 1. The van der Waals surface area contributed by atoms with Gasteiger partial charge in [-0.05, 0) is 65.4 Å². The third kappa shape index (κ3) is 3.80. The molecule has 0 fully saturated rings. The van der Waals surface area contributed by atoms with Crippen LogP contribution in [-0.4, -0.2) is 18.0 Å². The van der Waals surface area contributed by atoms with Crippen LogP contribution >= 0.6 is 0 Å². The number of pyridine rings is 1. The van der Waals surface area contributed by atoms with E-state index in [1.54, 1.807) is 30.5 Å². The number of methoxy groups -OCH3 is 1. The minimum Gasteiger partial charge on any atom is -0.496 e. The Kier molecular flexibility index (Phi) is 4.96. The van der Waals surface area contributed by atoms with Gasteiger partial charge in [-0.1, -0.05) is 30.3 Å². The maximum atomic E-state index is 13.7. The van der Waals surface area contributed by atoms with Crippen LogP contribution in [0.25, 0.3) is 21.9 Å². The van der Waals surface area contributed by atoms with Crippen LogP contribution in [0.15, 0.2) is 72.9 Å². The number of carbonyl (C=O) groups is 1. The van der Waals surface area contributed by atoms with Crippen molar-refractivity contribution in [1.29, 1.82) is 0 Å². The summed E-state index contributed by atoms with van der Waals surface area (Å²) in [5.74, 6) is 0.392. The Bertz CT molecular complexity index is 1220. The molecule has 0 aliphatic heterocycles. The number of anilines is 1. The first-order chi connectivity index (χ1) is 14.0. The largest absolute Gasteiger partial charge is 0.496 e. The summed E-state index contributed by atoms with van der Waals surface area (Å²) in [6.07, 6.45) is 1.70. The molecule has 0 radical (unpaired) electrons. The van der Waals surface area contributed by atoms with Crippen LogP contribution in [0.3, 0.4) is 0 Å². The molecule has 0 saturated heterocycles. The monoisotopic (exact) mass is 386 g/mol. The number of nitrogens with zero attached hydrogens (tertiary/aromatic N) is 1. The summed E-state index contributed by atoms with van der Waals surface area (Å²) in [6.45, 7) is 1.95. The van der Waals surface area contributed by atoms with Crippen molar-refractivity contribution in [3.63, 3.8) is 0 Å². The number of benzene rings is 3. The van der Waals surface area contributed by atoms with Gasteiger partial charge < -0.3 is 10.1 Å². The molecule has 5 heteroatoms. The average Bonchev–Trinajstić information content (AvgIpc) is 2.75. The number of aromatic nitrogens is 1. The molecule has 1 N–H and O–H groups in total. The quantitative estimate of drug-likeness (QED) is 0.496. The van der Waals surface area contributed by atoms with Crippen molar-refractivity contribution >= 4 is 22.5 Å². The van der Waals surface area contributed by atoms with E-state index in [0.29, 0.717) is 17.1 Å². The Morgan fingerprint density at radius 2 is 1.83 bits per heavy atom. The van der Waals surface area contributed by atoms with E-state index in [0.717, 1.165) is 27.5 Å². The standard InChI is InChI=1S/C24H19FN2O2/c1-15-7-10-19(25)13-21(15)17-9-8-16-12-23(26-14-18(16)11-17)27-24(28)20-5-3-4-6-22(20)29-2/h3-14H,1-2H3,(H,26,27,28). The zero-order valence-corrected chi connectivity index (χ0v) is 16.1. The lowest BCUT2D eigenvalue weighted by Crippen LogP contribution is -2.14. The maximum Gasteiger partial charge on any atom is 0.260 e. The molecule has 1 aromatic heterocycles. The predicted octanol–water partition coefficient (Wildman–Crippen LogP) is 5.61. The highest BCUT2D eigenvalue weighted by Gasteiger charge is 2.13.